The number of rotatable bonds is 2. The summed E-state index contributed by atoms with van der Waals surface area (Å²) in [5.74, 6) is 0. The van der Waals surface area contributed by atoms with E-state index in [1.54, 1.807) is 0 Å². The summed E-state index contributed by atoms with van der Waals surface area (Å²) in [6.07, 6.45) is 4.35. The Morgan fingerprint density at radius 2 is 2.42 bits per heavy atom. The lowest BCUT2D eigenvalue weighted by atomic mass is 10.1. The number of likely N-dealkylation sites (tertiary alicyclic amines) is 1. The summed E-state index contributed by atoms with van der Waals surface area (Å²) in [6, 6.07) is 0.433. The molecule has 3 nitrogen and oxygen atoms in total. The number of methoxy groups -OCH3 is 1. The van der Waals surface area contributed by atoms with Crippen LogP contribution in [0.3, 0.4) is 0 Å². The second-order valence-electron chi connectivity index (χ2n) is 3.25. The highest BCUT2D eigenvalue weighted by molar-refractivity contribution is 5.68. The van der Waals surface area contributed by atoms with Crippen LogP contribution in [0.5, 0.6) is 0 Å². The Balaban J connectivity index is 2.45. The van der Waals surface area contributed by atoms with Crippen molar-refractivity contribution < 1.29 is 9.53 Å². The molecular formula is C9H17NO2. The number of amides is 1. The fourth-order valence-corrected chi connectivity index (χ4v) is 1.83. The second kappa shape index (κ2) is 4.33. The van der Waals surface area contributed by atoms with Crippen LogP contribution in [-0.2, 0) is 4.74 Å². The van der Waals surface area contributed by atoms with Gasteiger partial charge in [0.25, 0.3) is 0 Å². The molecule has 70 valence electrons. The van der Waals surface area contributed by atoms with Gasteiger partial charge in [-0.05, 0) is 19.3 Å². The summed E-state index contributed by atoms with van der Waals surface area (Å²) in [4.78, 5) is 13.1. The maximum absolute atomic E-state index is 11.2. The fraction of sp³-hybridized carbons (Fsp3) is 0.889. The molecule has 1 saturated heterocycles. The van der Waals surface area contributed by atoms with E-state index in [1.165, 1.54) is 7.11 Å². The first-order valence-corrected chi connectivity index (χ1v) is 4.64. The highest BCUT2D eigenvalue weighted by Crippen LogP contribution is 2.21. The minimum absolute atomic E-state index is 0.161. The quantitative estimate of drug-likeness (QED) is 0.636. The first-order chi connectivity index (χ1) is 5.79. The Labute approximate surface area is 73.7 Å². The van der Waals surface area contributed by atoms with Crippen molar-refractivity contribution in [3.05, 3.63) is 0 Å². The SMILES string of the molecule is CCCC1CCCN1C(=O)OC. The largest absolute Gasteiger partial charge is 0.453 e. The molecule has 12 heavy (non-hydrogen) atoms. The number of hydrogen-bond acceptors (Lipinski definition) is 2. The third-order valence-corrected chi connectivity index (χ3v) is 2.41. The Kier molecular flexibility index (Phi) is 3.38. The molecule has 0 aromatic heterocycles. The molecule has 0 aromatic rings. The van der Waals surface area contributed by atoms with Gasteiger partial charge in [-0.15, -0.1) is 0 Å². The van der Waals surface area contributed by atoms with E-state index in [4.69, 9.17) is 4.74 Å². The van der Waals surface area contributed by atoms with Crippen LogP contribution in [0.25, 0.3) is 0 Å². The smallest absolute Gasteiger partial charge is 0.409 e. The zero-order valence-electron chi connectivity index (χ0n) is 7.88. The highest BCUT2D eigenvalue weighted by atomic mass is 16.5. The summed E-state index contributed by atoms with van der Waals surface area (Å²) in [5.41, 5.74) is 0. The number of ether oxygens (including phenoxy) is 1. The number of hydrogen-bond donors (Lipinski definition) is 0. The van der Waals surface area contributed by atoms with E-state index < -0.39 is 0 Å². The summed E-state index contributed by atoms with van der Waals surface area (Å²) in [5, 5.41) is 0. The van der Waals surface area contributed by atoms with Crippen LogP contribution >= 0.6 is 0 Å². The van der Waals surface area contributed by atoms with E-state index in [1.807, 2.05) is 4.90 Å². The molecule has 1 unspecified atom stereocenters. The predicted octanol–water partition coefficient (Wildman–Crippen LogP) is 2.02. The lowest BCUT2D eigenvalue weighted by molar-refractivity contribution is 0.117. The van der Waals surface area contributed by atoms with Gasteiger partial charge in [0.2, 0.25) is 0 Å². The van der Waals surface area contributed by atoms with Crippen LogP contribution in [0, 0.1) is 0 Å². The van der Waals surface area contributed by atoms with Crippen LogP contribution in [0.1, 0.15) is 32.6 Å². The van der Waals surface area contributed by atoms with Crippen LogP contribution in [0.2, 0.25) is 0 Å². The molecule has 0 bridgehead atoms. The zero-order valence-corrected chi connectivity index (χ0v) is 7.88. The van der Waals surface area contributed by atoms with Crippen molar-refractivity contribution in [2.24, 2.45) is 0 Å². The van der Waals surface area contributed by atoms with Gasteiger partial charge in [-0.1, -0.05) is 13.3 Å². The van der Waals surface area contributed by atoms with Gasteiger partial charge in [-0.25, -0.2) is 4.79 Å². The van der Waals surface area contributed by atoms with Crippen LogP contribution in [0.15, 0.2) is 0 Å². The standard InChI is InChI=1S/C9H17NO2/c1-3-5-8-6-4-7-10(8)9(11)12-2/h8H,3-7H2,1-2H3. The van der Waals surface area contributed by atoms with Crippen molar-refractivity contribution in [2.45, 2.75) is 38.6 Å². The lowest BCUT2D eigenvalue weighted by Gasteiger charge is -2.22. The minimum Gasteiger partial charge on any atom is -0.453 e. The second-order valence-corrected chi connectivity index (χ2v) is 3.25. The van der Waals surface area contributed by atoms with Crippen LogP contribution in [0.4, 0.5) is 4.79 Å². The van der Waals surface area contributed by atoms with Crippen molar-refractivity contribution in [1.29, 1.82) is 0 Å². The Bertz CT molecular complexity index is 159. The van der Waals surface area contributed by atoms with E-state index in [0.717, 1.165) is 32.2 Å². The van der Waals surface area contributed by atoms with Crippen LogP contribution in [-0.4, -0.2) is 30.7 Å². The Morgan fingerprint density at radius 3 is 3.00 bits per heavy atom. The van der Waals surface area contributed by atoms with Crippen molar-refractivity contribution >= 4 is 6.09 Å². The van der Waals surface area contributed by atoms with Gasteiger partial charge >= 0.3 is 6.09 Å². The molecule has 0 aliphatic carbocycles. The van der Waals surface area contributed by atoms with E-state index in [-0.39, 0.29) is 6.09 Å². The topological polar surface area (TPSA) is 29.5 Å². The number of carbonyl (C=O) groups excluding carboxylic acids is 1. The molecule has 1 aliphatic heterocycles. The first kappa shape index (κ1) is 9.36. The average Bonchev–Trinajstić information content (AvgIpc) is 2.52. The summed E-state index contributed by atoms with van der Waals surface area (Å²) in [7, 11) is 1.45. The van der Waals surface area contributed by atoms with Gasteiger partial charge < -0.3 is 9.64 Å². The number of nitrogens with zero attached hydrogens (tertiary/aromatic N) is 1. The normalized spacial score (nSPS) is 22.8. The third-order valence-electron chi connectivity index (χ3n) is 2.41. The molecule has 0 spiro atoms. The lowest BCUT2D eigenvalue weighted by Crippen LogP contribution is -2.35. The average molecular weight is 171 g/mol. The summed E-state index contributed by atoms with van der Waals surface area (Å²) < 4.78 is 4.70. The van der Waals surface area contributed by atoms with Gasteiger partial charge in [-0.3, -0.25) is 0 Å². The summed E-state index contributed by atoms with van der Waals surface area (Å²) in [6.45, 7) is 3.02. The molecule has 0 aromatic carbocycles. The molecule has 0 saturated carbocycles. The van der Waals surface area contributed by atoms with E-state index in [0.29, 0.717) is 6.04 Å². The van der Waals surface area contributed by atoms with Gasteiger partial charge in [-0.2, -0.15) is 0 Å². The molecule has 3 heteroatoms. The van der Waals surface area contributed by atoms with Crippen molar-refractivity contribution in [2.75, 3.05) is 13.7 Å². The van der Waals surface area contributed by atoms with Crippen molar-refractivity contribution in [3.8, 4) is 0 Å². The Hall–Kier alpha value is -0.730. The predicted molar refractivity (Wildman–Crippen MR) is 47.0 cm³/mol. The highest BCUT2D eigenvalue weighted by Gasteiger charge is 2.28. The monoisotopic (exact) mass is 171 g/mol. The van der Waals surface area contributed by atoms with Gasteiger partial charge in [0.05, 0.1) is 7.11 Å². The molecule has 0 radical (unpaired) electrons. The molecule has 0 N–H and O–H groups in total. The third kappa shape index (κ3) is 1.90. The maximum Gasteiger partial charge on any atom is 0.409 e. The molecule has 1 fully saturated rings. The van der Waals surface area contributed by atoms with Crippen LogP contribution < -0.4 is 0 Å². The van der Waals surface area contributed by atoms with E-state index >= 15 is 0 Å². The molecular weight excluding hydrogens is 154 g/mol. The molecule has 1 atom stereocenters. The van der Waals surface area contributed by atoms with Crippen molar-refractivity contribution in [1.82, 2.24) is 4.90 Å². The summed E-state index contributed by atoms with van der Waals surface area (Å²) >= 11 is 0. The fourth-order valence-electron chi connectivity index (χ4n) is 1.83. The van der Waals surface area contributed by atoms with Gasteiger partial charge in [0.1, 0.15) is 0 Å². The zero-order chi connectivity index (χ0) is 8.97. The molecule has 1 aliphatic rings. The van der Waals surface area contributed by atoms with Gasteiger partial charge in [0.15, 0.2) is 0 Å². The maximum atomic E-state index is 11.2. The van der Waals surface area contributed by atoms with E-state index in [9.17, 15) is 4.79 Å². The van der Waals surface area contributed by atoms with E-state index in [2.05, 4.69) is 6.92 Å². The Morgan fingerprint density at radius 1 is 1.67 bits per heavy atom. The molecule has 1 rings (SSSR count). The minimum atomic E-state index is -0.161. The number of carbonyl (C=O) groups is 1. The first-order valence-electron chi connectivity index (χ1n) is 4.64. The molecule has 1 heterocycles. The van der Waals surface area contributed by atoms with Gasteiger partial charge in [0, 0.05) is 12.6 Å². The van der Waals surface area contributed by atoms with Crippen molar-refractivity contribution in [3.63, 3.8) is 0 Å². The molecule has 1 amide bonds.